The maximum Gasteiger partial charge on any atom is 0.0853 e. The molecule has 0 aromatic rings. The molecule has 0 bridgehead atoms. The number of fused-ring (bicyclic) bond motifs is 1. The van der Waals surface area contributed by atoms with Gasteiger partial charge in [0.05, 0.1) is 12.9 Å². The first-order valence-electron chi connectivity index (χ1n) is 4.72. The quantitative estimate of drug-likeness (QED) is 0.520. The van der Waals surface area contributed by atoms with E-state index >= 15 is 0 Å². The molecule has 2 rings (SSSR count). The lowest BCUT2D eigenvalue weighted by Crippen LogP contribution is -2.35. The summed E-state index contributed by atoms with van der Waals surface area (Å²) in [5.41, 5.74) is 0. The smallest absolute Gasteiger partial charge is 0.0853 e. The Labute approximate surface area is 69.3 Å². The van der Waals surface area contributed by atoms with E-state index in [0.29, 0.717) is 0 Å². The van der Waals surface area contributed by atoms with Gasteiger partial charge in [-0.25, -0.2) is 0 Å². The third kappa shape index (κ3) is 1.95. The van der Waals surface area contributed by atoms with Crippen LogP contribution in [-0.2, 0) is 0 Å². The molecule has 0 N–H and O–H groups in total. The van der Waals surface area contributed by atoms with Gasteiger partial charge < -0.3 is 4.90 Å². The molecule has 0 amide bonds. The number of nitrogens with zero attached hydrogens (tertiary/aromatic N) is 2. The third-order valence-corrected chi connectivity index (χ3v) is 2.22. The summed E-state index contributed by atoms with van der Waals surface area (Å²) in [7, 11) is 0. The molecule has 2 aliphatic rings. The fourth-order valence-electron chi connectivity index (χ4n) is 1.64. The maximum atomic E-state index is 4.23. The highest BCUT2D eigenvalue weighted by Gasteiger charge is 2.22. The molecule has 0 aliphatic carbocycles. The zero-order valence-electron chi connectivity index (χ0n) is 7.58. The number of piperidine rings is 1. The third-order valence-electron chi connectivity index (χ3n) is 2.22. The lowest BCUT2D eigenvalue weighted by molar-refractivity contribution is 0.274. The second-order valence-electron chi connectivity index (χ2n) is 2.87. The molecule has 0 radical (unpaired) electrons. The van der Waals surface area contributed by atoms with Crippen molar-refractivity contribution >= 4 is 6.34 Å². The number of rotatable bonds is 0. The molecule has 2 aliphatic heterocycles. The first kappa shape index (κ1) is 8.57. The van der Waals surface area contributed by atoms with Crippen molar-refractivity contribution in [3.05, 3.63) is 0 Å². The van der Waals surface area contributed by atoms with Gasteiger partial charge in [-0.05, 0) is 19.3 Å². The van der Waals surface area contributed by atoms with E-state index in [0.717, 1.165) is 12.6 Å². The predicted molar refractivity (Wildman–Crippen MR) is 49.1 cm³/mol. The first-order chi connectivity index (χ1) is 5.47. The average molecular weight is 154 g/mol. The molecule has 1 fully saturated rings. The van der Waals surface area contributed by atoms with Gasteiger partial charge in [-0.3, -0.25) is 4.99 Å². The molecule has 0 aromatic carbocycles. The molecule has 2 heterocycles. The van der Waals surface area contributed by atoms with Crippen LogP contribution >= 0.6 is 0 Å². The SMILES string of the molecule is C1=NCC2CCCCN12.CC. The molecule has 11 heavy (non-hydrogen) atoms. The Bertz CT molecular complexity index is 132. The topological polar surface area (TPSA) is 15.6 Å². The van der Waals surface area contributed by atoms with Crippen molar-refractivity contribution < 1.29 is 0 Å². The Morgan fingerprint density at radius 1 is 1.36 bits per heavy atom. The van der Waals surface area contributed by atoms with Gasteiger partial charge in [-0.1, -0.05) is 13.8 Å². The van der Waals surface area contributed by atoms with E-state index in [1.54, 1.807) is 0 Å². The molecule has 1 unspecified atom stereocenters. The standard InChI is InChI=1S/C7H12N2.C2H6/c1-2-4-9-6-8-5-7(9)3-1;1-2/h6-7H,1-5H2;1-2H3. The van der Waals surface area contributed by atoms with Crippen LogP contribution in [0.2, 0.25) is 0 Å². The molecule has 1 saturated heterocycles. The van der Waals surface area contributed by atoms with E-state index in [1.807, 2.05) is 20.2 Å². The summed E-state index contributed by atoms with van der Waals surface area (Å²) in [6.45, 7) is 6.30. The summed E-state index contributed by atoms with van der Waals surface area (Å²) >= 11 is 0. The van der Waals surface area contributed by atoms with Crippen molar-refractivity contribution in [2.75, 3.05) is 13.1 Å². The van der Waals surface area contributed by atoms with Gasteiger partial charge in [0.1, 0.15) is 0 Å². The highest BCUT2D eigenvalue weighted by molar-refractivity contribution is 5.58. The van der Waals surface area contributed by atoms with Crippen LogP contribution in [-0.4, -0.2) is 30.4 Å². The molecular weight excluding hydrogens is 136 g/mol. The van der Waals surface area contributed by atoms with Crippen LogP contribution in [0.15, 0.2) is 4.99 Å². The minimum atomic E-state index is 0.777. The second kappa shape index (κ2) is 4.37. The molecule has 0 aromatic heterocycles. The predicted octanol–water partition coefficient (Wildman–Crippen LogP) is 1.91. The summed E-state index contributed by atoms with van der Waals surface area (Å²) < 4.78 is 0. The zero-order chi connectivity index (χ0) is 8.10. The van der Waals surface area contributed by atoms with Crippen molar-refractivity contribution in [3.8, 4) is 0 Å². The van der Waals surface area contributed by atoms with Gasteiger partial charge in [0.2, 0.25) is 0 Å². The van der Waals surface area contributed by atoms with Crippen LogP contribution in [0.1, 0.15) is 33.1 Å². The minimum absolute atomic E-state index is 0.777. The highest BCUT2D eigenvalue weighted by Crippen LogP contribution is 2.18. The van der Waals surface area contributed by atoms with Crippen molar-refractivity contribution in [1.29, 1.82) is 0 Å². The normalized spacial score (nSPS) is 27.5. The van der Waals surface area contributed by atoms with Gasteiger partial charge in [0, 0.05) is 12.6 Å². The van der Waals surface area contributed by atoms with Crippen LogP contribution in [0, 0.1) is 0 Å². The van der Waals surface area contributed by atoms with E-state index in [9.17, 15) is 0 Å². The summed E-state index contributed by atoms with van der Waals surface area (Å²) in [5, 5.41) is 0. The van der Waals surface area contributed by atoms with Gasteiger partial charge >= 0.3 is 0 Å². The monoisotopic (exact) mass is 154 g/mol. The van der Waals surface area contributed by atoms with Crippen molar-refractivity contribution in [1.82, 2.24) is 4.90 Å². The second-order valence-corrected chi connectivity index (χ2v) is 2.87. The van der Waals surface area contributed by atoms with Crippen LogP contribution in [0.5, 0.6) is 0 Å². The Morgan fingerprint density at radius 3 is 2.91 bits per heavy atom. The van der Waals surface area contributed by atoms with Crippen LogP contribution in [0.3, 0.4) is 0 Å². The Balaban J connectivity index is 0.000000281. The largest absolute Gasteiger partial charge is 0.358 e. The molecule has 2 heteroatoms. The minimum Gasteiger partial charge on any atom is -0.358 e. The fraction of sp³-hybridized carbons (Fsp3) is 0.889. The van der Waals surface area contributed by atoms with Crippen LogP contribution in [0.25, 0.3) is 0 Å². The van der Waals surface area contributed by atoms with Gasteiger partial charge in [-0.2, -0.15) is 0 Å². The van der Waals surface area contributed by atoms with Crippen molar-refractivity contribution in [2.24, 2.45) is 4.99 Å². The number of aliphatic imine (C=N–C) groups is 1. The number of hydrogen-bond donors (Lipinski definition) is 0. The summed E-state index contributed by atoms with van der Waals surface area (Å²) in [4.78, 5) is 6.61. The lowest BCUT2D eigenvalue weighted by Gasteiger charge is -2.28. The van der Waals surface area contributed by atoms with Crippen molar-refractivity contribution in [3.63, 3.8) is 0 Å². The molecule has 0 spiro atoms. The van der Waals surface area contributed by atoms with Crippen molar-refractivity contribution in [2.45, 2.75) is 39.2 Å². The molecule has 2 nitrogen and oxygen atoms in total. The molecule has 1 atom stereocenters. The van der Waals surface area contributed by atoms with Crippen LogP contribution < -0.4 is 0 Å². The zero-order valence-corrected chi connectivity index (χ0v) is 7.58. The first-order valence-corrected chi connectivity index (χ1v) is 4.72. The summed E-state index contributed by atoms with van der Waals surface area (Å²) in [6, 6.07) is 0.777. The Kier molecular flexibility index (Phi) is 3.40. The average Bonchev–Trinajstić information content (AvgIpc) is 2.55. The summed E-state index contributed by atoms with van der Waals surface area (Å²) in [6.07, 6.45) is 6.15. The van der Waals surface area contributed by atoms with E-state index in [2.05, 4.69) is 9.89 Å². The van der Waals surface area contributed by atoms with Gasteiger partial charge in [0.25, 0.3) is 0 Å². The van der Waals surface area contributed by atoms with Gasteiger partial charge in [0.15, 0.2) is 0 Å². The van der Waals surface area contributed by atoms with E-state index in [-0.39, 0.29) is 0 Å². The summed E-state index contributed by atoms with van der Waals surface area (Å²) in [5.74, 6) is 0. The molecule has 0 saturated carbocycles. The van der Waals surface area contributed by atoms with E-state index in [4.69, 9.17) is 0 Å². The van der Waals surface area contributed by atoms with E-state index < -0.39 is 0 Å². The van der Waals surface area contributed by atoms with Crippen LogP contribution in [0.4, 0.5) is 0 Å². The van der Waals surface area contributed by atoms with Gasteiger partial charge in [-0.15, -0.1) is 0 Å². The highest BCUT2D eigenvalue weighted by atomic mass is 15.2. The molecule has 64 valence electrons. The van der Waals surface area contributed by atoms with E-state index in [1.165, 1.54) is 25.8 Å². The molecular formula is C9H18N2. The Morgan fingerprint density at radius 2 is 2.18 bits per heavy atom. The fourth-order valence-corrected chi connectivity index (χ4v) is 1.64. The number of hydrogen-bond acceptors (Lipinski definition) is 2. The Hall–Kier alpha value is -0.530. The maximum absolute atomic E-state index is 4.23. The lowest BCUT2D eigenvalue weighted by atomic mass is 10.0.